The van der Waals surface area contributed by atoms with Gasteiger partial charge in [-0.1, -0.05) is 143 Å². The van der Waals surface area contributed by atoms with E-state index in [4.69, 9.17) is 90.6 Å². The highest BCUT2D eigenvalue weighted by molar-refractivity contribution is 7.98. The molecule has 0 fully saturated rings. The second-order valence-corrected chi connectivity index (χ2v) is 21.8. The van der Waals surface area contributed by atoms with E-state index in [-0.39, 0.29) is 23.4 Å². The molecule has 10 rings (SSSR count). The van der Waals surface area contributed by atoms with Gasteiger partial charge >= 0.3 is 19.1 Å². The third-order valence-electron chi connectivity index (χ3n) is 12.4. The van der Waals surface area contributed by atoms with E-state index < -0.39 is 17.0 Å². The first-order valence-corrected chi connectivity index (χ1v) is 31.9. The van der Waals surface area contributed by atoms with Crippen molar-refractivity contribution in [3.63, 3.8) is 0 Å². The Labute approximate surface area is 577 Å². The predicted octanol–water partition coefficient (Wildman–Crippen LogP) is 13.0. The maximum absolute atomic E-state index is 10.7. The van der Waals surface area contributed by atoms with Gasteiger partial charge in [-0.2, -0.15) is 19.9 Å². The molecule has 0 amide bonds. The largest absolute Gasteiger partial charge is 0.497 e. The van der Waals surface area contributed by atoms with Gasteiger partial charge in [0.25, 0.3) is 11.4 Å². The minimum atomic E-state index is -1.43. The third kappa shape index (κ3) is 26.6. The zero-order valence-corrected chi connectivity index (χ0v) is 57.1. The van der Waals surface area contributed by atoms with Crippen LogP contribution in [-0.2, 0) is 12.8 Å². The summed E-state index contributed by atoms with van der Waals surface area (Å²) in [6.45, 7) is 1.17. The van der Waals surface area contributed by atoms with Crippen LogP contribution in [0.3, 0.4) is 0 Å². The molecule has 4 aromatic heterocycles. The minimum Gasteiger partial charge on any atom is -0.497 e. The molecule has 6 aromatic carbocycles. The number of thioether (sulfide) groups is 2. The van der Waals surface area contributed by atoms with Crippen LogP contribution in [0.1, 0.15) is 11.1 Å². The first-order chi connectivity index (χ1) is 45.7. The fraction of sp³-hybridized carbons (Fsp3) is 0.188. The number of rotatable bonds is 20. The molecule has 4 heterocycles. The van der Waals surface area contributed by atoms with Crippen molar-refractivity contribution in [2.75, 3.05) is 73.6 Å². The zero-order valence-electron chi connectivity index (χ0n) is 52.4. The highest BCUT2D eigenvalue weighted by Crippen LogP contribution is 2.29. The number of benzene rings is 6. The monoisotopic (exact) mass is 1410 g/mol. The lowest BCUT2D eigenvalue weighted by Gasteiger charge is -2.10. The molecule has 496 valence electrons. The summed E-state index contributed by atoms with van der Waals surface area (Å²) < 4.78 is 30.7. The predicted molar refractivity (Wildman–Crippen MR) is 375 cm³/mol. The molecular formula is C64H65BCl4N12O12S2. The number of nitrogens with two attached hydrogens (primary N) is 1. The Morgan fingerprint density at radius 1 is 0.463 bits per heavy atom. The number of nitrogens with zero attached hydrogens (tertiary/aromatic N) is 10. The van der Waals surface area contributed by atoms with E-state index in [1.165, 1.54) is 75.2 Å². The summed E-state index contributed by atoms with van der Waals surface area (Å²) in [5.74, 6) is 3.55. The number of nitrogens with one attached hydrogen (secondary N) is 1. The van der Waals surface area contributed by atoms with Crippen LogP contribution in [0.5, 0.6) is 35.0 Å². The van der Waals surface area contributed by atoms with Crippen LogP contribution in [-0.4, -0.2) is 135 Å². The van der Waals surface area contributed by atoms with Crippen molar-refractivity contribution >= 4 is 99.7 Å². The highest BCUT2D eigenvalue weighted by Gasteiger charge is 2.13. The summed E-state index contributed by atoms with van der Waals surface area (Å²) in [6.07, 6.45) is 5.24. The molecule has 0 aliphatic carbocycles. The first kappa shape index (κ1) is 76.6. The van der Waals surface area contributed by atoms with E-state index >= 15 is 0 Å². The Kier molecular flexibility index (Phi) is 32.9. The summed E-state index contributed by atoms with van der Waals surface area (Å²) in [5.41, 5.74) is 12.9. The maximum atomic E-state index is 10.7. The number of hydrogen-bond donors (Lipinski definition) is 4. The molecule has 0 saturated carbocycles. The van der Waals surface area contributed by atoms with E-state index in [1.54, 1.807) is 82.0 Å². The number of non-ortho nitro benzene ring substituents is 2. The number of anilines is 1. The maximum Gasteiger partial charge on any atom is 0.488 e. The topological polar surface area (TPSA) is 323 Å². The van der Waals surface area contributed by atoms with E-state index in [2.05, 4.69) is 45.2 Å². The molecule has 0 radical (unpaired) electrons. The van der Waals surface area contributed by atoms with Crippen LogP contribution in [0.15, 0.2) is 180 Å². The number of methoxy groups -OCH3 is 6. The molecule has 95 heavy (non-hydrogen) atoms. The second kappa shape index (κ2) is 40.8. The smallest absolute Gasteiger partial charge is 0.488 e. The Balaban J connectivity index is 0.000000215. The Morgan fingerprint density at radius 3 is 1.25 bits per heavy atom. The molecular weight excluding hydrogens is 1350 g/mol. The molecule has 0 saturated heterocycles. The molecule has 24 nitrogen and oxygen atoms in total. The van der Waals surface area contributed by atoms with Crippen molar-refractivity contribution in [2.45, 2.75) is 23.2 Å². The third-order valence-corrected chi connectivity index (χ3v) is 14.2. The van der Waals surface area contributed by atoms with E-state index in [0.29, 0.717) is 78.9 Å². The van der Waals surface area contributed by atoms with Crippen LogP contribution in [0.2, 0.25) is 20.6 Å². The second-order valence-electron chi connectivity index (χ2n) is 18.7. The molecule has 0 unspecified atom stereocenters. The lowest BCUT2D eigenvalue weighted by atomic mass is 9.80. The van der Waals surface area contributed by atoms with Crippen LogP contribution in [0.25, 0.3) is 33.8 Å². The summed E-state index contributed by atoms with van der Waals surface area (Å²) in [5, 5.41) is 44.5. The van der Waals surface area contributed by atoms with Crippen LogP contribution < -0.4 is 44.9 Å². The van der Waals surface area contributed by atoms with Crippen LogP contribution in [0.4, 0.5) is 17.2 Å². The Morgan fingerprint density at radius 2 is 0.842 bits per heavy atom. The average Bonchev–Trinajstić information content (AvgIpc) is 0.905. The number of nitro benzene ring substituents is 2. The summed E-state index contributed by atoms with van der Waals surface area (Å²) in [6, 6.07) is 49.7. The number of nitro groups is 2. The molecule has 0 aliphatic heterocycles. The van der Waals surface area contributed by atoms with Crippen molar-refractivity contribution in [1.29, 1.82) is 0 Å². The summed E-state index contributed by atoms with van der Waals surface area (Å²) >= 11 is 25.9. The summed E-state index contributed by atoms with van der Waals surface area (Å²) in [7, 11) is 8.00. The number of halogens is 4. The van der Waals surface area contributed by atoms with Gasteiger partial charge in [-0.25, -0.2) is 19.9 Å². The molecule has 31 heteroatoms. The SMILES string of the molecule is COc1cccc(-c2cc(Cl)nc(OC)n2)c1.COc1cccc(-c2cc(Cl)nc(SC)n2)c1.COc1cccc(-c2cc(NCCc3ccc([N+](=O)[O-])cc3)nc(OC)n2)c1.COc1cccc(B(O)O)c1.CSc1nc(Cl)cc(Cl)n1.NCCc1ccc([N+](=O)[O-])cc1. The minimum absolute atomic E-state index is 0.0835. The van der Waals surface area contributed by atoms with Gasteiger partial charge in [0.2, 0.25) is 0 Å². The first-order valence-electron chi connectivity index (χ1n) is 27.9. The fourth-order valence-electron chi connectivity index (χ4n) is 7.71. The Bertz CT molecular complexity index is 3940. The molecule has 0 bridgehead atoms. The standard InChI is InChI=1S/C20H20N4O4.C12H11ClN2O2.C12H11ClN2OS.C8H10N2O2.C7H9BO3.C5H4Cl2N2S/c1-27-17-5-3-4-15(12-17)18-13-19(23-20(22-18)28-2)21-11-10-14-6-8-16(9-7-14)24(25)26;2*1-16-9-5-3-4-8(6-9)10-7-11(13)15-12(14-10)17-2;9-6-5-7-1-3-8(4-2-7)10(11)12;1-11-7-4-2-3-6(5-7)8(9)10;1-10-5-8-3(6)2-4(7)9-5/h3-9,12-13H,10-11H2,1-2H3,(H,21,22,23);2*3-7H,1-2H3;1-4H,5-6,9H2;2-5,9-10H,1H3;2H,1H3. The van der Waals surface area contributed by atoms with Gasteiger partial charge < -0.3 is 49.5 Å². The van der Waals surface area contributed by atoms with Gasteiger partial charge in [0.15, 0.2) is 10.3 Å². The molecule has 5 N–H and O–H groups in total. The lowest BCUT2D eigenvalue weighted by molar-refractivity contribution is -0.385. The van der Waals surface area contributed by atoms with Crippen molar-refractivity contribution in [3.05, 3.63) is 222 Å². The van der Waals surface area contributed by atoms with E-state index in [9.17, 15) is 20.2 Å². The van der Waals surface area contributed by atoms with Crippen molar-refractivity contribution in [2.24, 2.45) is 5.73 Å². The van der Waals surface area contributed by atoms with Crippen molar-refractivity contribution < 1.29 is 48.3 Å². The van der Waals surface area contributed by atoms with E-state index in [1.807, 2.05) is 91.4 Å². The number of ether oxygens (including phenoxy) is 6. The highest BCUT2D eigenvalue weighted by atomic mass is 35.5. The van der Waals surface area contributed by atoms with E-state index in [0.717, 1.165) is 57.2 Å². The molecule has 0 aliphatic rings. The zero-order chi connectivity index (χ0) is 69.2. The molecule has 10 aromatic rings. The van der Waals surface area contributed by atoms with Crippen LogP contribution in [0, 0.1) is 20.2 Å². The molecule has 0 spiro atoms. The van der Waals surface area contributed by atoms with Crippen molar-refractivity contribution in [3.8, 4) is 68.8 Å². The van der Waals surface area contributed by atoms with Gasteiger partial charge in [-0.3, -0.25) is 20.2 Å². The van der Waals surface area contributed by atoms with Gasteiger partial charge in [0, 0.05) is 71.8 Å². The van der Waals surface area contributed by atoms with Gasteiger partial charge in [0.1, 0.15) is 49.4 Å². The lowest BCUT2D eigenvalue weighted by Crippen LogP contribution is -2.29. The number of aromatic nitrogens is 8. The van der Waals surface area contributed by atoms with Crippen molar-refractivity contribution in [1.82, 2.24) is 39.9 Å². The summed E-state index contributed by atoms with van der Waals surface area (Å²) in [4.78, 5) is 53.3. The van der Waals surface area contributed by atoms with Gasteiger partial charge in [-0.05, 0) is 97.0 Å². The quantitative estimate of drug-likeness (QED) is 0.0138. The normalized spacial score (nSPS) is 10.1. The van der Waals surface area contributed by atoms with Gasteiger partial charge in [-0.15, -0.1) is 0 Å². The number of hydrogen-bond acceptors (Lipinski definition) is 24. The molecule has 0 atom stereocenters. The fourth-order valence-corrected chi connectivity index (χ4v) is 9.40. The van der Waals surface area contributed by atoms with Crippen LogP contribution >= 0.6 is 69.9 Å². The Hall–Kier alpha value is -9.16. The average molecular weight is 1410 g/mol. The van der Waals surface area contributed by atoms with Gasteiger partial charge in [0.05, 0.1) is 69.6 Å².